The Kier molecular flexibility index (Phi) is 3.03. The number of fused-ring (bicyclic) bond motifs is 2. The maximum absolute atomic E-state index is 12.5. The Morgan fingerprint density at radius 3 is 2.45 bits per heavy atom. The zero-order valence-corrected chi connectivity index (χ0v) is 12.0. The second-order valence-corrected chi connectivity index (χ2v) is 5.86. The van der Waals surface area contributed by atoms with Crippen LogP contribution in [0.5, 0.6) is 0 Å². The summed E-state index contributed by atoms with van der Waals surface area (Å²) in [6, 6.07) is 12.8. The van der Waals surface area contributed by atoms with E-state index in [1.807, 2.05) is 24.3 Å². The molecule has 0 saturated carbocycles. The summed E-state index contributed by atoms with van der Waals surface area (Å²) in [4.78, 5) is 26.3. The molecule has 1 amide bonds. The molecule has 0 saturated heterocycles. The molecule has 0 aliphatic rings. The zero-order chi connectivity index (χ0) is 14.3. The molecule has 0 atom stereocenters. The van der Waals surface area contributed by atoms with Gasteiger partial charge in [-0.1, -0.05) is 18.2 Å². The first-order valence-electron chi connectivity index (χ1n) is 6.26. The third kappa shape index (κ3) is 1.89. The minimum absolute atomic E-state index is 0.0113. The van der Waals surface area contributed by atoms with Crippen LogP contribution in [0.2, 0.25) is 0 Å². The molecule has 0 aliphatic heterocycles. The van der Waals surface area contributed by atoms with E-state index in [-0.39, 0.29) is 11.3 Å². The Morgan fingerprint density at radius 1 is 1.00 bits per heavy atom. The highest BCUT2D eigenvalue weighted by atomic mass is 32.1. The second-order valence-electron chi connectivity index (χ2n) is 4.81. The normalized spacial score (nSPS) is 10.9. The van der Waals surface area contributed by atoms with E-state index in [4.69, 9.17) is 0 Å². The fraction of sp³-hybridized carbons (Fsp3) is 0.125. The van der Waals surface area contributed by atoms with Gasteiger partial charge in [0.25, 0.3) is 5.91 Å². The number of carbonyl (C=O) groups excluding carboxylic acids is 1. The van der Waals surface area contributed by atoms with E-state index in [0.717, 1.165) is 9.40 Å². The van der Waals surface area contributed by atoms with E-state index in [0.29, 0.717) is 16.3 Å². The van der Waals surface area contributed by atoms with Crippen LogP contribution in [-0.4, -0.2) is 24.9 Å². The Balaban J connectivity index is 2.46. The van der Waals surface area contributed by atoms with Crippen molar-refractivity contribution < 1.29 is 4.79 Å². The first kappa shape index (κ1) is 12.8. The van der Waals surface area contributed by atoms with Crippen molar-refractivity contribution in [3.8, 4) is 0 Å². The van der Waals surface area contributed by atoms with Crippen molar-refractivity contribution >= 4 is 37.4 Å². The quantitative estimate of drug-likeness (QED) is 0.643. The predicted octanol–water partition coefficient (Wildman–Crippen LogP) is 3.12. The lowest BCUT2D eigenvalue weighted by Gasteiger charge is -2.12. The zero-order valence-electron chi connectivity index (χ0n) is 11.2. The summed E-state index contributed by atoms with van der Waals surface area (Å²) in [5, 5.41) is 1.32. The van der Waals surface area contributed by atoms with Crippen molar-refractivity contribution in [2.24, 2.45) is 0 Å². The summed E-state index contributed by atoms with van der Waals surface area (Å²) in [7, 11) is 3.43. The van der Waals surface area contributed by atoms with Gasteiger partial charge in [-0.3, -0.25) is 9.59 Å². The molecule has 0 radical (unpaired) electrons. The fourth-order valence-corrected chi connectivity index (χ4v) is 3.41. The molecule has 100 valence electrons. The van der Waals surface area contributed by atoms with Crippen LogP contribution in [0.4, 0.5) is 0 Å². The number of carbonyl (C=O) groups is 1. The lowest BCUT2D eigenvalue weighted by molar-refractivity contribution is 0.0829. The largest absolute Gasteiger partial charge is 0.345 e. The van der Waals surface area contributed by atoms with Crippen LogP contribution in [0.1, 0.15) is 10.4 Å². The monoisotopic (exact) mass is 283 g/mol. The number of amides is 1. The molecule has 3 nitrogen and oxygen atoms in total. The van der Waals surface area contributed by atoms with Gasteiger partial charge in [0.2, 0.25) is 0 Å². The van der Waals surface area contributed by atoms with E-state index in [2.05, 4.69) is 0 Å². The maximum atomic E-state index is 12.5. The van der Waals surface area contributed by atoms with E-state index >= 15 is 0 Å². The highest BCUT2D eigenvalue weighted by Gasteiger charge is 2.15. The average molecular weight is 283 g/mol. The van der Waals surface area contributed by atoms with Crippen molar-refractivity contribution in [2.75, 3.05) is 14.1 Å². The average Bonchev–Trinajstić information content (AvgIpc) is 2.46. The van der Waals surface area contributed by atoms with Crippen molar-refractivity contribution in [2.45, 2.75) is 0 Å². The first-order chi connectivity index (χ1) is 9.59. The maximum Gasteiger partial charge on any atom is 0.254 e. The Morgan fingerprint density at radius 2 is 1.70 bits per heavy atom. The molecule has 0 unspecified atom stereocenters. The number of nitrogens with zero attached hydrogens (tertiary/aromatic N) is 1. The van der Waals surface area contributed by atoms with Gasteiger partial charge in [0, 0.05) is 29.6 Å². The smallest absolute Gasteiger partial charge is 0.254 e. The minimum atomic E-state index is -0.0819. The summed E-state index contributed by atoms with van der Waals surface area (Å²) < 4.78 is 1.67. The molecule has 0 N–H and O–H groups in total. The van der Waals surface area contributed by atoms with Crippen LogP contribution >= 0.6 is 11.3 Å². The van der Waals surface area contributed by atoms with E-state index in [1.165, 1.54) is 16.2 Å². The molecule has 1 heterocycles. The Labute approximate surface area is 120 Å². The standard InChI is InChI=1S/C16H13NO2S/c1-17(2)16(19)12-8-5-7-11-14(18)10-6-3-4-9-13(10)20-15(11)12/h3-9H,1-2H3. The molecule has 4 heteroatoms. The topological polar surface area (TPSA) is 37.4 Å². The SMILES string of the molecule is CN(C)C(=O)c1cccc2c(=O)c3ccccc3sc12. The summed E-state index contributed by atoms with van der Waals surface area (Å²) in [5.41, 5.74) is 0.572. The van der Waals surface area contributed by atoms with Crippen LogP contribution in [0.15, 0.2) is 47.3 Å². The first-order valence-corrected chi connectivity index (χ1v) is 7.07. The molecule has 1 aromatic heterocycles. The van der Waals surface area contributed by atoms with Gasteiger partial charge >= 0.3 is 0 Å². The summed E-state index contributed by atoms with van der Waals surface area (Å²) in [6.07, 6.45) is 0. The Bertz CT molecular complexity index is 880. The van der Waals surface area contributed by atoms with Crippen molar-refractivity contribution in [3.63, 3.8) is 0 Å². The number of hydrogen-bond acceptors (Lipinski definition) is 3. The highest BCUT2D eigenvalue weighted by molar-refractivity contribution is 7.24. The van der Waals surface area contributed by atoms with Gasteiger partial charge in [0.1, 0.15) is 0 Å². The third-order valence-corrected chi connectivity index (χ3v) is 4.46. The Hall–Kier alpha value is -2.20. The molecular formula is C16H13NO2S. The van der Waals surface area contributed by atoms with Crippen LogP contribution in [0, 0.1) is 0 Å². The van der Waals surface area contributed by atoms with Crippen molar-refractivity contribution in [3.05, 3.63) is 58.3 Å². The summed E-state index contributed by atoms with van der Waals surface area (Å²) in [5.74, 6) is -0.0819. The number of rotatable bonds is 1. The van der Waals surface area contributed by atoms with Gasteiger partial charge in [-0.15, -0.1) is 11.3 Å². The molecule has 3 rings (SSSR count). The van der Waals surface area contributed by atoms with Gasteiger partial charge in [-0.25, -0.2) is 0 Å². The van der Waals surface area contributed by atoms with Gasteiger partial charge < -0.3 is 4.90 Å². The summed E-state index contributed by atoms with van der Waals surface area (Å²) in [6.45, 7) is 0. The molecule has 0 fully saturated rings. The lowest BCUT2D eigenvalue weighted by atomic mass is 10.1. The highest BCUT2D eigenvalue weighted by Crippen LogP contribution is 2.27. The van der Waals surface area contributed by atoms with Gasteiger partial charge in [-0.2, -0.15) is 0 Å². The number of hydrogen-bond donors (Lipinski definition) is 0. The van der Waals surface area contributed by atoms with Crippen molar-refractivity contribution in [1.82, 2.24) is 4.90 Å². The van der Waals surface area contributed by atoms with Gasteiger partial charge in [-0.05, 0) is 24.3 Å². The van der Waals surface area contributed by atoms with E-state index < -0.39 is 0 Å². The molecule has 0 spiro atoms. The summed E-state index contributed by atoms with van der Waals surface area (Å²) >= 11 is 1.49. The molecular weight excluding hydrogens is 270 g/mol. The van der Waals surface area contributed by atoms with Crippen LogP contribution < -0.4 is 5.43 Å². The third-order valence-electron chi connectivity index (χ3n) is 3.24. The van der Waals surface area contributed by atoms with Crippen LogP contribution in [0.25, 0.3) is 20.2 Å². The second kappa shape index (κ2) is 4.72. The van der Waals surface area contributed by atoms with Crippen LogP contribution in [-0.2, 0) is 0 Å². The lowest BCUT2D eigenvalue weighted by Crippen LogP contribution is -2.22. The van der Waals surface area contributed by atoms with Gasteiger partial charge in [0.15, 0.2) is 5.43 Å². The number of benzene rings is 2. The minimum Gasteiger partial charge on any atom is -0.345 e. The molecule has 0 bridgehead atoms. The molecule has 20 heavy (non-hydrogen) atoms. The van der Waals surface area contributed by atoms with E-state index in [9.17, 15) is 9.59 Å². The van der Waals surface area contributed by atoms with Crippen molar-refractivity contribution in [1.29, 1.82) is 0 Å². The molecule has 3 aromatic rings. The molecule has 0 aliphatic carbocycles. The van der Waals surface area contributed by atoms with E-state index in [1.54, 1.807) is 32.3 Å². The van der Waals surface area contributed by atoms with Crippen LogP contribution in [0.3, 0.4) is 0 Å². The molecule has 2 aromatic carbocycles. The fourth-order valence-electron chi connectivity index (χ4n) is 2.23. The van der Waals surface area contributed by atoms with Gasteiger partial charge in [0.05, 0.1) is 10.3 Å². The predicted molar refractivity (Wildman–Crippen MR) is 83.6 cm³/mol.